The van der Waals surface area contributed by atoms with E-state index in [-0.39, 0.29) is 12.0 Å². The number of rotatable bonds is 3. The molecule has 3 saturated carbocycles. The number of fused-ring (bicyclic) bond motifs is 4. The Morgan fingerprint density at radius 1 is 1.03 bits per heavy atom. The van der Waals surface area contributed by atoms with Gasteiger partial charge in [0, 0.05) is 43.8 Å². The molecule has 0 aromatic carbocycles. The zero-order chi connectivity index (χ0) is 26.1. The van der Waals surface area contributed by atoms with Gasteiger partial charge in [-0.25, -0.2) is 4.79 Å². The Bertz CT molecular complexity index is 1000. The van der Waals surface area contributed by atoms with Gasteiger partial charge < -0.3 is 29.2 Å². The lowest BCUT2D eigenvalue weighted by molar-refractivity contribution is -0.289. The standard InChI is InChI=1S/C25H34O10/c1-12(26)33-18-17-14(11-25(31)15(24(17,5)30)10-16(28)35-25)22(3)8-7-9-23(4,21(29)32-6)20(22)19(18)34-13(2)27/h10,14,17-20,30-31H,7-9,11H2,1-6H3/t14-,17+,18+,19-,20+,22+,23+,24+,25-/m0/s1. The van der Waals surface area contributed by atoms with Crippen LogP contribution in [0.1, 0.15) is 60.3 Å². The van der Waals surface area contributed by atoms with Gasteiger partial charge in [-0.05, 0) is 38.0 Å². The second-order valence-corrected chi connectivity index (χ2v) is 11.1. The number of esters is 4. The summed E-state index contributed by atoms with van der Waals surface area (Å²) >= 11 is 0. The van der Waals surface area contributed by atoms with Gasteiger partial charge in [-0.1, -0.05) is 13.3 Å². The number of methoxy groups -OCH3 is 1. The molecular formula is C25H34O10. The molecule has 0 saturated heterocycles. The van der Waals surface area contributed by atoms with Crippen molar-refractivity contribution >= 4 is 23.9 Å². The molecular weight excluding hydrogens is 460 g/mol. The Balaban J connectivity index is 1.98. The number of carbonyl (C=O) groups excluding carboxylic acids is 4. The maximum Gasteiger partial charge on any atom is 0.333 e. The van der Waals surface area contributed by atoms with Crippen molar-refractivity contribution in [2.75, 3.05) is 7.11 Å². The fourth-order valence-electron chi connectivity index (χ4n) is 7.91. The summed E-state index contributed by atoms with van der Waals surface area (Å²) in [5.74, 6) is -6.71. The maximum absolute atomic E-state index is 13.2. The van der Waals surface area contributed by atoms with Crippen molar-refractivity contribution in [2.24, 2.45) is 28.6 Å². The Morgan fingerprint density at radius 2 is 1.63 bits per heavy atom. The second-order valence-electron chi connectivity index (χ2n) is 11.1. The zero-order valence-corrected chi connectivity index (χ0v) is 21.0. The predicted octanol–water partition coefficient (Wildman–Crippen LogP) is 1.41. The number of aliphatic hydroxyl groups is 2. The molecule has 10 heteroatoms. The van der Waals surface area contributed by atoms with Crippen molar-refractivity contribution < 1.29 is 48.3 Å². The van der Waals surface area contributed by atoms with Gasteiger partial charge in [0.25, 0.3) is 0 Å². The van der Waals surface area contributed by atoms with Gasteiger partial charge in [-0.2, -0.15) is 0 Å². The average molecular weight is 495 g/mol. The molecule has 10 nitrogen and oxygen atoms in total. The summed E-state index contributed by atoms with van der Waals surface area (Å²) in [5, 5.41) is 23.2. The molecule has 0 unspecified atom stereocenters. The van der Waals surface area contributed by atoms with Crippen LogP contribution in [0.15, 0.2) is 11.6 Å². The molecule has 2 N–H and O–H groups in total. The number of ether oxygens (including phenoxy) is 4. The molecule has 3 aliphatic carbocycles. The Kier molecular flexibility index (Phi) is 5.88. The van der Waals surface area contributed by atoms with Crippen LogP contribution in [0.3, 0.4) is 0 Å². The molecule has 4 aliphatic rings. The third-order valence-corrected chi connectivity index (χ3v) is 8.99. The van der Waals surface area contributed by atoms with Gasteiger partial charge in [0.1, 0.15) is 12.2 Å². The number of carbonyl (C=O) groups is 4. The summed E-state index contributed by atoms with van der Waals surface area (Å²) in [6, 6.07) is 0. The van der Waals surface area contributed by atoms with Crippen LogP contribution in [0.4, 0.5) is 0 Å². The topological polar surface area (TPSA) is 146 Å². The minimum absolute atomic E-state index is 0.0245. The van der Waals surface area contributed by atoms with E-state index < -0.39 is 76.1 Å². The Hall–Kier alpha value is -2.46. The van der Waals surface area contributed by atoms with Crippen molar-refractivity contribution in [3.05, 3.63) is 11.6 Å². The van der Waals surface area contributed by atoms with E-state index in [4.69, 9.17) is 18.9 Å². The van der Waals surface area contributed by atoms with Crippen molar-refractivity contribution in [1.82, 2.24) is 0 Å². The predicted molar refractivity (Wildman–Crippen MR) is 118 cm³/mol. The van der Waals surface area contributed by atoms with Gasteiger partial charge in [0.15, 0.2) is 0 Å². The highest BCUT2D eigenvalue weighted by atomic mass is 16.7. The van der Waals surface area contributed by atoms with E-state index in [1.165, 1.54) is 27.9 Å². The van der Waals surface area contributed by atoms with Crippen LogP contribution in [0.25, 0.3) is 0 Å². The molecule has 0 spiro atoms. The van der Waals surface area contributed by atoms with E-state index in [2.05, 4.69) is 0 Å². The first kappa shape index (κ1) is 25.6. The minimum Gasteiger partial charge on any atom is -0.469 e. The number of hydrogen-bond donors (Lipinski definition) is 2. The molecule has 194 valence electrons. The molecule has 0 aromatic rings. The lowest BCUT2D eigenvalue weighted by atomic mass is 9.40. The molecule has 0 bridgehead atoms. The van der Waals surface area contributed by atoms with Gasteiger partial charge in [0.05, 0.1) is 18.1 Å². The highest BCUT2D eigenvalue weighted by molar-refractivity contribution is 5.87. The Morgan fingerprint density at radius 3 is 2.20 bits per heavy atom. The van der Waals surface area contributed by atoms with Gasteiger partial charge in [-0.15, -0.1) is 0 Å². The fourth-order valence-corrected chi connectivity index (χ4v) is 7.91. The molecule has 35 heavy (non-hydrogen) atoms. The SMILES string of the molecule is COC(=O)[C@]1(C)CCC[C@@]2(C)[C@H]1[C@@H](OC(C)=O)[C@H](OC(C)=O)[C@H]1[C@@H]2C[C@]2(O)OC(=O)C=C2[C@@]1(C)O. The van der Waals surface area contributed by atoms with E-state index in [0.29, 0.717) is 19.3 Å². The van der Waals surface area contributed by atoms with Crippen molar-refractivity contribution in [3.8, 4) is 0 Å². The summed E-state index contributed by atoms with van der Waals surface area (Å²) in [6.07, 6.45) is 0.421. The van der Waals surface area contributed by atoms with E-state index in [0.717, 1.165) is 6.08 Å². The van der Waals surface area contributed by atoms with Crippen molar-refractivity contribution in [3.63, 3.8) is 0 Å². The van der Waals surface area contributed by atoms with Crippen molar-refractivity contribution in [1.29, 1.82) is 0 Å². The molecule has 3 fully saturated rings. The molecule has 1 heterocycles. The van der Waals surface area contributed by atoms with Crippen molar-refractivity contribution in [2.45, 2.75) is 83.9 Å². The first-order valence-electron chi connectivity index (χ1n) is 11.9. The van der Waals surface area contributed by atoms with Crippen LogP contribution in [0.2, 0.25) is 0 Å². The van der Waals surface area contributed by atoms with Crippen LogP contribution in [0, 0.1) is 28.6 Å². The third-order valence-electron chi connectivity index (χ3n) is 8.99. The van der Waals surface area contributed by atoms with Gasteiger partial charge in [-0.3, -0.25) is 14.4 Å². The number of hydrogen-bond acceptors (Lipinski definition) is 10. The minimum atomic E-state index is -2.04. The second kappa shape index (κ2) is 8.03. The summed E-state index contributed by atoms with van der Waals surface area (Å²) in [7, 11) is 1.29. The zero-order valence-electron chi connectivity index (χ0n) is 21.0. The fraction of sp³-hybridized carbons (Fsp3) is 0.760. The lowest BCUT2D eigenvalue weighted by Crippen LogP contribution is -2.73. The summed E-state index contributed by atoms with van der Waals surface area (Å²) in [5.41, 5.74) is -3.77. The van der Waals surface area contributed by atoms with Crippen LogP contribution in [0.5, 0.6) is 0 Å². The summed E-state index contributed by atoms with van der Waals surface area (Å²) < 4.78 is 22.0. The first-order chi connectivity index (χ1) is 16.1. The van der Waals surface area contributed by atoms with E-state index >= 15 is 0 Å². The quantitative estimate of drug-likeness (QED) is 0.436. The largest absolute Gasteiger partial charge is 0.469 e. The summed E-state index contributed by atoms with van der Waals surface area (Å²) in [4.78, 5) is 50.0. The smallest absolute Gasteiger partial charge is 0.333 e. The average Bonchev–Trinajstić information content (AvgIpc) is 3.04. The molecule has 0 amide bonds. The third kappa shape index (κ3) is 3.59. The van der Waals surface area contributed by atoms with Gasteiger partial charge in [0.2, 0.25) is 5.79 Å². The van der Waals surface area contributed by atoms with Gasteiger partial charge >= 0.3 is 23.9 Å². The first-order valence-corrected chi connectivity index (χ1v) is 11.9. The monoisotopic (exact) mass is 494 g/mol. The normalized spacial score (nSPS) is 46.2. The van der Waals surface area contributed by atoms with E-state index in [1.54, 1.807) is 6.92 Å². The van der Waals surface area contributed by atoms with Crippen LogP contribution < -0.4 is 0 Å². The van der Waals surface area contributed by atoms with Crippen LogP contribution in [-0.2, 0) is 38.1 Å². The molecule has 0 radical (unpaired) electrons. The highest BCUT2D eigenvalue weighted by Crippen LogP contribution is 2.68. The highest BCUT2D eigenvalue weighted by Gasteiger charge is 2.74. The van der Waals surface area contributed by atoms with Crippen LogP contribution in [-0.4, -0.2) is 64.8 Å². The molecule has 9 atom stereocenters. The maximum atomic E-state index is 13.2. The van der Waals surface area contributed by atoms with E-state index in [9.17, 15) is 29.4 Å². The van der Waals surface area contributed by atoms with E-state index in [1.807, 2.05) is 6.92 Å². The lowest BCUT2D eigenvalue weighted by Gasteiger charge is -2.66. The van der Waals surface area contributed by atoms with Crippen LogP contribution >= 0.6 is 0 Å². The molecule has 4 rings (SSSR count). The molecule has 1 aliphatic heterocycles. The Labute approximate surface area is 203 Å². The summed E-state index contributed by atoms with van der Waals surface area (Å²) in [6.45, 7) is 7.57. The molecule has 0 aromatic heterocycles.